The topological polar surface area (TPSA) is 98.0 Å². The predicted octanol–water partition coefficient (Wildman–Crippen LogP) is 1.28. The molecule has 0 fully saturated rings. The minimum absolute atomic E-state index is 0. The molecule has 0 bridgehead atoms. The molecule has 0 spiro atoms. The Hall–Kier alpha value is 1.71. The predicted molar refractivity (Wildman–Crippen MR) is 62.6 cm³/mol. The molecule has 0 atom stereocenters. The van der Waals surface area contributed by atoms with Crippen molar-refractivity contribution in [3.63, 3.8) is 0 Å². The molecule has 5 nitrogen and oxygen atoms in total. The summed E-state index contributed by atoms with van der Waals surface area (Å²) in [6.45, 7) is 2.58. The summed E-state index contributed by atoms with van der Waals surface area (Å²) in [5.41, 5.74) is 0. The average Bonchev–Trinajstić information content (AvgIpc) is 2.01. The second-order valence-electron chi connectivity index (χ2n) is 3.00. The minimum atomic E-state index is -4.64. The van der Waals surface area contributed by atoms with Gasteiger partial charge in [-0.3, -0.25) is 0 Å². The fourth-order valence-electron chi connectivity index (χ4n) is 0.892. The van der Waals surface area contributed by atoms with Crippen molar-refractivity contribution >= 4 is 59.2 Å². The number of hydrogen-bond acceptors (Lipinski definition) is 2. The number of phosphoric acid groups is 1. The molecule has 0 aliphatic carbocycles. The quantitative estimate of drug-likeness (QED) is 0.331. The van der Waals surface area contributed by atoms with Crippen molar-refractivity contribution in [2.75, 3.05) is 6.61 Å². The molecule has 0 rings (SSSR count). The van der Waals surface area contributed by atoms with E-state index in [0.29, 0.717) is 6.61 Å². The molecule has 0 aliphatic rings. The van der Waals surface area contributed by atoms with E-state index in [2.05, 4.69) is 6.92 Å². The smallest absolute Gasteiger partial charge is 0.396 e. The van der Waals surface area contributed by atoms with Crippen LogP contribution in [0.4, 0.5) is 0 Å². The molecule has 0 aromatic carbocycles. The fourth-order valence-corrected chi connectivity index (χ4v) is 0.892. The van der Waals surface area contributed by atoms with Gasteiger partial charge in [-0.2, -0.15) is 0 Å². The summed E-state index contributed by atoms with van der Waals surface area (Å²) in [6, 6.07) is 0. The van der Waals surface area contributed by atoms with E-state index in [9.17, 15) is 0 Å². The fraction of sp³-hybridized carbons (Fsp3) is 1.00. The normalized spacial score (nSPS) is 9.93. The zero-order chi connectivity index (χ0) is 11.4. The van der Waals surface area contributed by atoms with Gasteiger partial charge in [0.05, 0.1) is 0 Å². The van der Waals surface area contributed by atoms with E-state index in [1.807, 2.05) is 0 Å². The van der Waals surface area contributed by atoms with Crippen molar-refractivity contribution in [1.82, 2.24) is 0 Å². The van der Waals surface area contributed by atoms with Crippen molar-refractivity contribution in [3.05, 3.63) is 0 Å². The van der Waals surface area contributed by atoms with Gasteiger partial charge in [-0.1, -0.05) is 39.0 Å². The van der Waals surface area contributed by atoms with Gasteiger partial charge in [-0.15, -0.1) is 0 Å². The number of hydrogen-bond donors (Lipinski definition) is 4. The van der Waals surface area contributed by atoms with Crippen LogP contribution in [0, 0.1) is 0 Å². The molecule has 7 heteroatoms. The molecule has 1 radical (unpaired) electrons. The summed E-state index contributed by atoms with van der Waals surface area (Å²) in [6.07, 6.45) is 7.50. The second-order valence-corrected chi connectivity index (χ2v) is 4.03. The average molecular weight is 269 g/mol. The van der Waals surface area contributed by atoms with Crippen LogP contribution in [-0.4, -0.2) is 77.8 Å². The van der Waals surface area contributed by atoms with Gasteiger partial charge in [0.2, 0.25) is 0 Å². The molecule has 0 unspecified atom stereocenters. The zero-order valence-electron chi connectivity index (χ0n) is 9.59. The van der Waals surface area contributed by atoms with Gasteiger partial charge in [0.25, 0.3) is 0 Å². The second kappa shape index (κ2) is 15.7. The third kappa shape index (κ3) is 49.7. The standard InChI is InChI=1S/C8H18O.K.H3O4P.H2/c1-2-3-4-5-6-7-8-9;;1-5(2,3)4;/h9H,2-8H2,1H3;;(H3,1,2,3,4);1H. The van der Waals surface area contributed by atoms with Crippen LogP contribution >= 0.6 is 7.82 Å². The van der Waals surface area contributed by atoms with E-state index in [1.54, 1.807) is 0 Å². The maximum Gasteiger partial charge on any atom is 0.466 e. The van der Waals surface area contributed by atoms with Crippen LogP contribution in [0.2, 0.25) is 0 Å². The van der Waals surface area contributed by atoms with Gasteiger partial charge in [-0.05, 0) is 6.42 Å². The molecule has 91 valence electrons. The van der Waals surface area contributed by atoms with Gasteiger partial charge in [0, 0.05) is 59.4 Å². The number of aliphatic hydroxyl groups excluding tert-OH is 1. The van der Waals surface area contributed by atoms with Crippen LogP contribution in [0.15, 0.2) is 0 Å². The van der Waals surface area contributed by atoms with Gasteiger partial charge in [-0.25, -0.2) is 4.57 Å². The van der Waals surface area contributed by atoms with Crippen LogP contribution in [0.1, 0.15) is 46.9 Å². The Balaban J connectivity index is -0.0000000904. The molecule has 15 heavy (non-hydrogen) atoms. The third-order valence-corrected chi connectivity index (χ3v) is 1.51. The first-order chi connectivity index (χ1) is 6.41. The number of aliphatic hydroxyl groups is 1. The first kappa shape index (κ1) is 21.9. The van der Waals surface area contributed by atoms with Gasteiger partial charge in [0.15, 0.2) is 0 Å². The Morgan fingerprint density at radius 1 is 1.00 bits per heavy atom. The van der Waals surface area contributed by atoms with Crippen LogP contribution < -0.4 is 0 Å². The molecule has 0 heterocycles. The van der Waals surface area contributed by atoms with E-state index in [1.165, 1.54) is 32.1 Å². The molecule has 0 saturated carbocycles. The Labute approximate surface area is 135 Å². The third-order valence-electron chi connectivity index (χ3n) is 1.51. The van der Waals surface area contributed by atoms with Crippen LogP contribution in [0.5, 0.6) is 0 Å². The number of rotatable bonds is 6. The molecule has 0 saturated heterocycles. The summed E-state index contributed by atoms with van der Waals surface area (Å²) in [5.74, 6) is 0. The van der Waals surface area contributed by atoms with Crippen molar-refractivity contribution in [2.24, 2.45) is 0 Å². The molecule has 0 aliphatic heterocycles. The zero-order valence-corrected chi connectivity index (χ0v) is 13.6. The van der Waals surface area contributed by atoms with Crippen molar-refractivity contribution in [1.29, 1.82) is 0 Å². The van der Waals surface area contributed by atoms with Gasteiger partial charge < -0.3 is 19.8 Å². The summed E-state index contributed by atoms with van der Waals surface area (Å²) in [4.78, 5) is 21.6. The molecular formula is C8H23KO5P. The maximum absolute atomic E-state index is 8.88. The largest absolute Gasteiger partial charge is 0.466 e. The Bertz CT molecular complexity index is 141. The molecule has 0 aromatic heterocycles. The molecular weight excluding hydrogens is 246 g/mol. The Morgan fingerprint density at radius 2 is 1.33 bits per heavy atom. The van der Waals surface area contributed by atoms with E-state index in [-0.39, 0.29) is 52.8 Å². The van der Waals surface area contributed by atoms with Crippen LogP contribution in [0.25, 0.3) is 0 Å². The van der Waals surface area contributed by atoms with E-state index >= 15 is 0 Å². The Kier molecular flexibility index (Phi) is 23.0. The number of unbranched alkanes of at least 4 members (excludes halogenated alkanes) is 5. The summed E-state index contributed by atoms with van der Waals surface area (Å²) in [5, 5.41) is 8.42. The van der Waals surface area contributed by atoms with E-state index in [4.69, 9.17) is 24.4 Å². The van der Waals surface area contributed by atoms with Gasteiger partial charge in [0.1, 0.15) is 0 Å². The summed E-state index contributed by atoms with van der Waals surface area (Å²) >= 11 is 0. The molecule has 4 N–H and O–H groups in total. The van der Waals surface area contributed by atoms with E-state index < -0.39 is 7.82 Å². The molecule has 0 aromatic rings. The Morgan fingerprint density at radius 3 is 1.67 bits per heavy atom. The van der Waals surface area contributed by atoms with Crippen molar-refractivity contribution < 1.29 is 25.8 Å². The summed E-state index contributed by atoms with van der Waals surface area (Å²) < 4.78 is 8.88. The first-order valence-electron chi connectivity index (χ1n) is 4.81. The van der Waals surface area contributed by atoms with Crippen LogP contribution in [-0.2, 0) is 4.57 Å². The van der Waals surface area contributed by atoms with Gasteiger partial charge >= 0.3 is 7.82 Å². The van der Waals surface area contributed by atoms with E-state index in [0.717, 1.165) is 6.42 Å². The van der Waals surface area contributed by atoms with Crippen molar-refractivity contribution in [3.8, 4) is 0 Å². The monoisotopic (exact) mass is 269 g/mol. The maximum atomic E-state index is 8.88. The SMILES string of the molecule is CCCCCCCCO.O=P(O)(O)O.[HH].[K]. The minimum Gasteiger partial charge on any atom is -0.396 e. The summed E-state index contributed by atoms with van der Waals surface area (Å²) in [7, 11) is -4.64. The van der Waals surface area contributed by atoms with Crippen LogP contribution in [0.3, 0.4) is 0 Å². The molecule has 0 amide bonds. The van der Waals surface area contributed by atoms with Crippen molar-refractivity contribution in [2.45, 2.75) is 45.4 Å². The first-order valence-corrected chi connectivity index (χ1v) is 6.37.